The molecule has 0 spiro atoms. The molecule has 0 unspecified atom stereocenters. The van der Waals surface area contributed by atoms with Crippen molar-refractivity contribution in [2.24, 2.45) is 10.7 Å². The van der Waals surface area contributed by atoms with Gasteiger partial charge in [0, 0.05) is 4.47 Å². The summed E-state index contributed by atoms with van der Waals surface area (Å²) >= 11 is 4.87. The summed E-state index contributed by atoms with van der Waals surface area (Å²) in [5.74, 6) is 0. The van der Waals surface area contributed by atoms with Crippen LogP contribution in [-0.2, 0) is 0 Å². The number of thioether (sulfide) groups is 1. The minimum Gasteiger partial charge on any atom is -0.378 e. The fourth-order valence-electron chi connectivity index (χ4n) is 0.871. The SMILES string of the molecule is CSC(N)=Nc1ccc(Br)c(C)c1. The zero-order valence-corrected chi connectivity index (χ0v) is 9.95. The Morgan fingerprint density at radius 3 is 2.77 bits per heavy atom. The van der Waals surface area contributed by atoms with E-state index in [-0.39, 0.29) is 0 Å². The first-order valence-electron chi connectivity index (χ1n) is 3.78. The second-order valence-corrected chi connectivity index (χ2v) is 4.27. The Hall–Kier alpha value is -0.480. The van der Waals surface area contributed by atoms with Crippen molar-refractivity contribution in [3.8, 4) is 0 Å². The van der Waals surface area contributed by atoms with Crippen LogP contribution in [0.5, 0.6) is 0 Å². The van der Waals surface area contributed by atoms with Crippen molar-refractivity contribution < 1.29 is 0 Å². The predicted molar refractivity (Wildman–Crippen MR) is 63.7 cm³/mol. The first-order chi connectivity index (χ1) is 6.13. The highest BCUT2D eigenvalue weighted by molar-refractivity contribution is 9.10. The maximum absolute atomic E-state index is 5.59. The van der Waals surface area contributed by atoms with Crippen LogP contribution in [0.4, 0.5) is 5.69 Å². The molecule has 2 N–H and O–H groups in total. The van der Waals surface area contributed by atoms with Crippen molar-refractivity contribution in [1.82, 2.24) is 0 Å². The lowest BCUT2D eigenvalue weighted by molar-refractivity contribution is 1.39. The van der Waals surface area contributed by atoms with Gasteiger partial charge in [-0.25, -0.2) is 4.99 Å². The van der Waals surface area contributed by atoms with E-state index in [2.05, 4.69) is 20.9 Å². The number of amidine groups is 1. The third kappa shape index (κ3) is 3.04. The van der Waals surface area contributed by atoms with E-state index in [0.717, 1.165) is 15.7 Å². The summed E-state index contributed by atoms with van der Waals surface area (Å²) in [5.41, 5.74) is 7.65. The van der Waals surface area contributed by atoms with Crippen molar-refractivity contribution in [2.45, 2.75) is 6.92 Å². The van der Waals surface area contributed by atoms with Crippen LogP contribution in [0.15, 0.2) is 27.7 Å². The highest BCUT2D eigenvalue weighted by atomic mass is 79.9. The predicted octanol–water partition coefficient (Wildman–Crippen LogP) is 3.07. The molecule has 1 aromatic rings. The molecule has 0 bridgehead atoms. The smallest absolute Gasteiger partial charge is 0.158 e. The van der Waals surface area contributed by atoms with Crippen LogP contribution >= 0.6 is 27.7 Å². The van der Waals surface area contributed by atoms with E-state index in [1.54, 1.807) is 0 Å². The molecular weight excluding hydrogens is 248 g/mol. The number of hydrogen-bond acceptors (Lipinski definition) is 2. The van der Waals surface area contributed by atoms with E-state index in [1.165, 1.54) is 11.8 Å². The monoisotopic (exact) mass is 258 g/mol. The number of nitrogens with zero attached hydrogens (tertiary/aromatic N) is 1. The number of rotatable bonds is 1. The van der Waals surface area contributed by atoms with Gasteiger partial charge in [0.05, 0.1) is 5.69 Å². The number of aryl methyl sites for hydroxylation is 1. The Bertz CT molecular complexity index is 336. The summed E-state index contributed by atoms with van der Waals surface area (Å²) < 4.78 is 1.09. The summed E-state index contributed by atoms with van der Waals surface area (Å²) in [4.78, 5) is 4.22. The number of benzene rings is 1. The molecule has 0 aromatic heterocycles. The second kappa shape index (κ2) is 4.67. The molecule has 0 fully saturated rings. The Morgan fingerprint density at radius 2 is 2.23 bits per heavy atom. The van der Waals surface area contributed by atoms with Gasteiger partial charge in [0.2, 0.25) is 0 Å². The minimum absolute atomic E-state index is 0.585. The van der Waals surface area contributed by atoms with E-state index >= 15 is 0 Å². The van der Waals surface area contributed by atoms with Gasteiger partial charge in [-0.15, -0.1) is 0 Å². The molecule has 0 radical (unpaired) electrons. The zero-order valence-electron chi connectivity index (χ0n) is 7.54. The summed E-state index contributed by atoms with van der Waals surface area (Å²) in [6, 6.07) is 5.90. The molecule has 4 heteroatoms. The van der Waals surface area contributed by atoms with Crippen molar-refractivity contribution in [1.29, 1.82) is 0 Å². The fourth-order valence-corrected chi connectivity index (χ4v) is 1.31. The third-order valence-electron chi connectivity index (χ3n) is 1.59. The molecule has 0 aliphatic heterocycles. The van der Waals surface area contributed by atoms with Gasteiger partial charge in [-0.3, -0.25) is 0 Å². The standard InChI is InChI=1S/C9H11BrN2S/c1-6-5-7(3-4-8(6)10)12-9(11)13-2/h3-5H,1-2H3,(H2,11,12). The number of halogens is 1. The van der Waals surface area contributed by atoms with Crippen molar-refractivity contribution in [3.63, 3.8) is 0 Å². The van der Waals surface area contributed by atoms with Crippen molar-refractivity contribution in [2.75, 3.05) is 6.26 Å². The molecular formula is C9H11BrN2S. The molecule has 1 rings (SSSR count). The number of aliphatic imine (C=N–C) groups is 1. The number of nitrogens with two attached hydrogens (primary N) is 1. The van der Waals surface area contributed by atoms with E-state index < -0.39 is 0 Å². The molecule has 0 aliphatic carbocycles. The summed E-state index contributed by atoms with van der Waals surface area (Å²) in [6.45, 7) is 2.03. The van der Waals surface area contributed by atoms with E-state index in [9.17, 15) is 0 Å². The molecule has 1 aromatic carbocycles. The average Bonchev–Trinajstić information content (AvgIpc) is 2.11. The van der Waals surface area contributed by atoms with Crippen LogP contribution < -0.4 is 5.73 Å². The molecule has 0 aliphatic rings. The number of hydrogen-bond donors (Lipinski definition) is 1. The molecule has 0 saturated heterocycles. The van der Waals surface area contributed by atoms with Gasteiger partial charge in [-0.2, -0.15) is 0 Å². The normalized spacial score (nSPS) is 11.8. The van der Waals surface area contributed by atoms with Crippen LogP contribution in [0.1, 0.15) is 5.56 Å². The minimum atomic E-state index is 0.585. The second-order valence-electron chi connectivity index (χ2n) is 2.59. The van der Waals surface area contributed by atoms with Crippen molar-refractivity contribution >= 4 is 38.5 Å². The molecule has 0 amide bonds. The van der Waals surface area contributed by atoms with Crippen LogP contribution in [0.3, 0.4) is 0 Å². The van der Waals surface area contributed by atoms with Gasteiger partial charge in [0.1, 0.15) is 0 Å². The third-order valence-corrected chi connectivity index (χ3v) is 2.99. The topological polar surface area (TPSA) is 38.4 Å². The Kier molecular flexibility index (Phi) is 3.81. The van der Waals surface area contributed by atoms with Crippen LogP contribution in [0.2, 0.25) is 0 Å². The van der Waals surface area contributed by atoms with E-state index in [4.69, 9.17) is 5.73 Å². The maximum atomic E-state index is 5.59. The highest BCUT2D eigenvalue weighted by Gasteiger charge is 1.96. The molecule has 70 valence electrons. The van der Waals surface area contributed by atoms with Gasteiger partial charge in [0.15, 0.2) is 5.17 Å². The molecule has 2 nitrogen and oxygen atoms in total. The van der Waals surface area contributed by atoms with Crippen molar-refractivity contribution in [3.05, 3.63) is 28.2 Å². The van der Waals surface area contributed by atoms with Crippen LogP contribution in [-0.4, -0.2) is 11.4 Å². The fraction of sp³-hybridized carbons (Fsp3) is 0.222. The Morgan fingerprint density at radius 1 is 1.54 bits per heavy atom. The highest BCUT2D eigenvalue weighted by Crippen LogP contribution is 2.22. The van der Waals surface area contributed by atoms with Crippen LogP contribution in [0.25, 0.3) is 0 Å². The first-order valence-corrected chi connectivity index (χ1v) is 5.79. The van der Waals surface area contributed by atoms with Gasteiger partial charge >= 0.3 is 0 Å². The lowest BCUT2D eigenvalue weighted by Gasteiger charge is -2.00. The average molecular weight is 259 g/mol. The Balaban J connectivity index is 2.98. The molecule has 0 heterocycles. The van der Waals surface area contributed by atoms with Gasteiger partial charge in [0.25, 0.3) is 0 Å². The summed E-state index contributed by atoms with van der Waals surface area (Å²) in [6.07, 6.45) is 1.91. The maximum Gasteiger partial charge on any atom is 0.158 e. The Labute approximate surface area is 90.8 Å². The largest absolute Gasteiger partial charge is 0.378 e. The lowest BCUT2D eigenvalue weighted by atomic mass is 10.2. The summed E-state index contributed by atoms with van der Waals surface area (Å²) in [5, 5.41) is 0.585. The van der Waals surface area contributed by atoms with Gasteiger partial charge in [-0.1, -0.05) is 27.7 Å². The molecule has 13 heavy (non-hydrogen) atoms. The summed E-state index contributed by atoms with van der Waals surface area (Å²) in [7, 11) is 0. The first kappa shape index (κ1) is 10.6. The molecule has 0 saturated carbocycles. The van der Waals surface area contributed by atoms with Crippen LogP contribution in [0, 0.1) is 6.92 Å². The quantitative estimate of drug-likeness (QED) is 0.621. The van der Waals surface area contributed by atoms with E-state index in [0.29, 0.717) is 5.17 Å². The molecule has 0 atom stereocenters. The lowest BCUT2D eigenvalue weighted by Crippen LogP contribution is -2.04. The van der Waals surface area contributed by atoms with Gasteiger partial charge in [-0.05, 0) is 36.9 Å². The van der Waals surface area contributed by atoms with Gasteiger partial charge < -0.3 is 5.73 Å². The zero-order chi connectivity index (χ0) is 9.84. The van der Waals surface area contributed by atoms with E-state index in [1.807, 2.05) is 31.4 Å².